The number of aromatic nitrogens is 2. The van der Waals surface area contributed by atoms with E-state index in [4.69, 9.17) is 10.3 Å². The smallest absolute Gasteiger partial charge is 0.341 e. The van der Waals surface area contributed by atoms with Gasteiger partial charge in [0.1, 0.15) is 17.2 Å². The number of carboxylic acid groups (broad SMARTS) is 1. The third-order valence-electron chi connectivity index (χ3n) is 7.30. The van der Waals surface area contributed by atoms with Crippen molar-refractivity contribution in [3.05, 3.63) is 63.7 Å². The fourth-order valence-electron chi connectivity index (χ4n) is 5.10. The van der Waals surface area contributed by atoms with E-state index in [1.54, 1.807) is 11.8 Å². The molecule has 1 saturated heterocycles. The highest BCUT2D eigenvalue weighted by atomic mass is 32.2. The Bertz CT molecular complexity index is 1850. The summed E-state index contributed by atoms with van der Waals surface area (Å²) in [4.78, 5) is 54.4. The standard InChI is InChI=1S/C26H25F3N6O5.CH4O3S/c1-10(30)24(37)33-25(38)11(2)31-20-14-7-34(8-15(14)20)23-18(29)6-13-21(36)16(26(39)40)9-35(22(13)32-23)19-4-3-12(27)5-17(19)28;1-5(2,3)4/h3-6,9-11,14-15,20,31H,7-8,30H2,1-2H3,(H,39,40)(H,33,37,38);1H3,(H,2,3,4). The highest BCUT2D eigenvalue weighted by Gasteiger charge is 2.56. The number of amides is 2. The minimum absolute atomic E-state index is 0.0439. The van der Waals surface area contributed by atoms with Crippen molar-refractivity contribution in [3.63, 3.8) is 0 Å². The van der Waals surface area contributed by atoms with Gasteiger partial charge in [-0.05, 0) is 43.9 Å². The van der Waals surface area contributed by atoms with Gasteiger partial charge in [0.2, 0.25) is 17.2 Å². The Morgan fingerprint density at radius 1 is 1.07 bits per heavy atom. The van der Waals surface area contributed by atoms with Crippen molar-refractivity contribution in [3.8, 4) is 5.69 Å². The molecule has 3 heterocycles. The Kier molecular flexibility index (Phi) is 9.34. The zero-order chi connectivity index (χ0) is 33.5. The third-order valence-corrected chi connectivity index (χ3v) is 7.30. The normalized spacial score (nSPS) is 20.1. The van der Waals surface area contributed by atoms with Crippen LogP contribution in [0.3, 0.4) is 0 Å². The number of carbonyl (C=O) groups is 3. The predicted molar refractivity (Wildman–Crippen MR) is 154 cm³/mol. The minimum atomic E-state index is -3.67. The molecular formula is C27H29F3N6O8S. The number of nitrogens with two attached hydrogens (primary N) is 1. The highest BCUT2D eigenvalue weighted by Crippen LogP contribution is 2.47. The monoisotopic (exact) mass is 654 g/mol. The molecule has 0 spiro atoms. The molecule has 2 aliphatic rings. The van der Waals surface area contributed by atoms with Crippen molar-refractivity contribution >= 4 is 44.8 Å². The second-order valence-corrected chi connectivity index (χ2v) is 12.3. The van der Waals surface area contributed by atoms with E-state index < -0.39 is 68.4 Å². The number of halogens is 3. The van der Waals surface area contributed by atoms with Crippen molar-refractivity contribution < 1.29 is 45.6 Å². The summed E-state index contributed by atoms with van der Waals surface area (Å²) in [5.41, 5.74) is 3.26. The largest absolute Gasteiger partial charge is 0.477 e. The topological polar surface area (TPSA) is 214 Å². The summed E-state index contributed by atoms with van der Waals surface area (Å²) in [5.74, 6) is -5.51. The van der Waals surface area contributed by atoms with Gasteiger partial charge in [-0.15, -0.1) is 0 Å². The number of fused-ring (bicyclic) bond motifs is 2. The van der Waals surface area contributed by atoms with Crippen LogP contribution in [0, 0.1) is 29.3 Å². The number of piperidine rings is 1. The number of hydrogen-bond acceptors (Lipinski definition) is 10. The number of pyridine rings is 2. The lowest BCUT2D eigenvalue weighted by Gasteiger charge is -2.24. The van der Waals surface area contributed by atoms with Crippen LogP contribution in [0.2, 0.25) is 0 Å². The molecule has 2 aromatic heterocycles. The van der Waals surface area contributed by atoms with Crippen LogP contribution >= 0.6 is 0 Å². The molecule has 242 valence electrons. The number of rotatable bonds is 7. The maximum absolute atomic E-state index is 15.3. The lowest BCUT2D eigenvalue weighted by molar-refractivity contribution is -0.132. The maximum Gasteiger partial charge on any atom is 0.341 e. The predicted octanol–water partition coefficient (Wildman–Crippen LogP) is 0.408. The Balaban J connectivity index is 0.000000854. The van der Waals surface area contributed by atoms with E-state index in [-0.39, 0.29) is 40.4 Å². The Hall–Kier alpha value is -4.39. The Labute approximate surface area is 253 Å². The number of benzene rings is 1. The molecule has 14 nitrogen and oxygen atoms in total. The first-order chi connectivity index (χ1) is 20.9. The number of anilines is 1. The average Bonchev–Trinajstić information content (AvgIpc) is 3.34. The molecule has 4 unspecified atom stereocenters. The zero-order valence-corrected chi connectivity index (χ0v) is 24.8. The summed E-state index contributed by atoms with van der Waals surface area (Å²) < 4.78 is 70.3. The molecule has 1 aliphatic carbocycles. The van der Waals surface area contributed by atoms with Crippen LogP contribution in [0.1, 0.15) is 24.2 Å². The maximum atomic E-state index is 15.3. The molecular weight excluding hydrogens is 625 g/mol. The lowest BCUT2D eigenvalue weighted by atomic mass is 10.1. The number of aromatic carboxylic acids is 1. The number of carboxylic acids is 1. The summed E-state index contributed by atoms with van der Waals surface area (Å²) in [6.07, 6.45) is 1.59. The molecule has 0 bridgehead atoms. The number of hydrogen-bond donors (Lipinski definition) is 5. The molecule has 4 atom stereocenters. The van der Waals surface area contributed by atoms with E-state index in [2.05, 4.69) is 15.6 Å². The lowest BCUT2D eigenvalue weighted by Crippen LogP contribution is -2.50. The molecule has 1 saturated carbocycles. The summed E-state index contributed by atoms with van der Waals surface area (Å²) in [6, 6.07) is 1.92. The van der Waals surface area contributed by atoms with Crippen molar-refractivity contribution in [1.29, 1.82) is 0 Å². The van der Waals surface area contributed by atoms with Gasteiger partial charge in [-0.25, -0.2) is 22.9 Å². The van der Waals surface area contributed by atoms with Crippen molar-refractivity contribution in [2.45, 2.75) is 32.0 Å². The van der Waals surface area contributed by atoms with Crippen molar-refractivity contribution in [2.75, 3.05) is 24.2 Å². The fourth-order valence-corrected chi connectivity index (χ4v) is 5.10. The van der Waals surface area contributed by atoms with Crippen molar-refractivity contribution in [1.82, 2.24) is 20.2 Å². The first-order valence-corrected chi connectivity index (χ1v) is 15.2. The molecule has 6 N–H and O–H groups in total. The molecule has 18 heteroatoms. The third kappa shape index (κ3) is 7.47. The number of nitrogens with one attached hydrogen (secondary N) is 2. The molecule has 45 heavy (non-hydrogen) atoms. The van der Waals surface area contributed by atoms with E-state index in [9.17, 15) is 41.5 Å². The summed E-state index contributed by atoms with van der Waals surface area (Å²) >= 11 is 0. The summed E-state index contributed by atoms with van der Waals surface area (Å²) in [5, 5.41) is 14.5. The highest BCUT2D eigenvalue weighted by molar-refractivity contribution is 7.85. The van der Waals surface area contributed by atoms with Crippen LogP contribution in [-0.2, 0) is 19.7 Å². The molecule has 5 rings (SSSR count). The number of carbonyl (C=O) groups excluding carboxylic acids is 2. The number of nitrogens with zero attached hydrogens (tertiary/aromatic N) is 3. The Morgan fingerprint density at radius 3 is 2.20 bits per heavy atom. The second-order valence-electron chi connectivity index (χ2n) is 10.8. The summed E-state index contributed by atoms with van der Waals surface area (Å²) in [6.45, 7) is 3.78. The van der Waals surface area contributed by atoms with Crippen LogP contribution < -0.4 is 26.7 Å². The van der Waals surface area contributed by atoms with E-state index in [0.717, 1.165) is 29.0 Å². The first kappa shape index (κ1) is 33.5. The van der Waals surface area contributed by atoms with Gasteiger partial charge >= 0.3 is 5.97 Å². The minimum Gasteiger partial charge on any atom is -0.477 e. The van der Waals surface area contributed by atoms with E-state index >= 15 is 4.39 Å². The van der Waals surface area contributed by atoms with Crippen LogP contribution in [-0.4, -0.2) is 82.9 Å². The van der Waals surface area contributed by atoms with Gasteiger partial charge in [-0.2, -0.15) is 8.42 Å². The van der Waals surface area contributed by atoms with E-state index in [1.807, 2.05) is 0 Å². The molecule has 3 aromatic rings. The zero-order valence-electron chi connectivity index (χ0n) is 24.0. The van der Waals surface area contributed by atoms with Crippen LogP contribution in [0.15, 0.2) is 35.3 Å². The Morgan fingerprint density at radius 2 is 1.67 bits per heavy atom. The van der Waals surface area contributed by atoms with Gasteiger partial charge < -0.3 is 21.1 Å². The summed E-state index contributed by atoms with van der Waals surface area (Å²) in [7, 11) is -3.67. The van der Waals surface area contributed by atoms with Gasteiger partial charge in [0, 0.05) is 31.4 Å². The van der Waals surface area contributed by atoms with Gasteiger partial charge in [-0.3, -0.25) is 28.8 Å². The van der Waals surface area contributed by atoms with Crippen LogP contribution in [0.4, 0.5) is 19.0 Å². The van der Waals surface area contributed by atoms with Crippen molar-refractivity contribution in [2.24, 2.45) is 17.6 Å². The molecule has 1 aliphatic heterocycles. The SMILES string of the molecule is CC(N)C(=O)NC(=O)C(C)NC1C2CN(c3nc4c(cc3F)c(=O)c(C(=O)O)cn4-c3ccc(F)cc3F)CC21.CS(=O)(=O)O. The molecule has 2 fully saturated rings. The average molecular weight is 655 g/mol. The molecule has 2 amide bonds. The van der Waals surface area contributed by atoms with Crippen LogP contribution in [0.25, 0.3) is 16.7 Å². The van der Waals surface area contributed by atoms with Gasteiger partial charge in [0.05, 0.1) is 29.4 Å². The molecule has 0 radical (unpaired) electrons. The molecule has 1 aromatic carbocycles. The van der Waals surface area contributed by atoms with Gasteiger partial charge in [-0.1, -0.05) is 0 Å². The van der Waals surface area contributed by atoms with E-state index in [1.165, 1.54) is 6.92 Å². The van der Waals surface area contributed by atoms with E-state index in [0.29, 0.717) is 25.4 Å². The second kappa shape index (κ2) is 12.5. The van der Waals surface area contributed by atoms with Crippen LogP contribution in [0.5, 0.6) is 0 Å². The quantitative estimate of drug-likeness (QED) is 0.219. The first-order valence-electron chi connectivity index (χ1n) is 13.4. The fraction of sp³-hybridized carbons (Fsp3) is 0.370. The van der Waals surface area contributed by atoms with Gasteiger partial charge in [0.25, 0.3) is 10.1 Å². The number of imide groups is 1. The van der Waals surface area contributed by atoms with Gasteiger partial charge in [0.15, 0.2) is 17.3 Å².